The number of hydrogen-bond donors (Lipinski definition) is 2. The highest BCUT2D eigenvalue weighted by Gasteiger charge is 2.14. The number of rotatable bonds is 8. The molecule has 1 saturated heterocycles. The molecule has 8 heteroatoms. The van der Waals surface area contributed by atoms with E-state index in [9.17, 15) is 8.42 Å². The maximum Gasteiger partial charge on any atom is 0.224 e. The van der Waals surface area contributed by atoms with Crippen molar-refractivity contribution in [2.75, 3.05) is 42.1 Å². The lowest BCUT2D eigenvalue weighted by atomic mass is 10.1. The number of anilines is 2. The van der Waals surface area contributed by atoms with Crippen LogP contribution in [0.1, 0.15) is 38.3 Å². The second-order valence-electron chi connectivity index (χ2n) is 5.88. The predicted octanol–water partition coefficient (Wildman–Crippen LogP) is 1.52. The van der Waals surface area contributed by atoms with Crippen molar-refractivity contribution in [3.63, 3.8) is 0 Å². The molecule has 2 heterocycles. The van der Waals surface area contributed by atoms with Gasteiger partial charge in [-0.3, -0.25) is 0 Å². The van der Waals surface area contributed by atoms with Crippen LogP contribution in [0.25, 0.3) is 0 Å². The first-order chi connectivity index (χ1) is 11.0. The average Bonchev–Trinajstić information content (AvgIpc) is 2.52. The largest absolute Gasteiger partial charge is 0.356 e. The smallest absolute Gasteiger partial charge is 0.224 e. The lowest BCUT2D eigenvalue weighted by Gasteiger charge is -2.28. The first-order valence-electron chi connectivity index (χ1n) is 8.32. The Morgan fingerprint density at radius 1 is 1.17 bits per heavy atom. The number of sulfonamides is 1. The zero-order valence-corrected chi connectivity index (χ0v) is 14.8. The second-order valence-corrected chi connectivity index (χ2v) is 7.81. The van der Waals surface area contributed by atoms with E-state index in [2.05, 4.69) is 24.9 Å². The fraction of sp³-hybridized carbons (Fsp3) is 0.733. The highest BCUT2D eigenvalue weighted by atomic mass is 32.2. The van der Waals surface area contributed by atoms with E-state index in [4.69, 9.17) is 0 Å². The molecule has 1 aliphatic rings. The van der Waals surface area contributed by atoms with Gasteiger partial charge in [0.25, 0.3) is 0 Å². The maximum atomic E-state index is 11.6. The zero-order valence-electron chi connectivity index (χ0n) is 14.0. The Kier molecular flexibility index (Phi) is 6.59. The van der Waals surface area contributed by atoms with Crippen molar-refractivity contribution in [2.24, 2.45) is 0 Å². The summed E-state index contributed by atoms with van der Waals surface area (Å²) in [7, 11) is -3.16. The van der Waals surface area contributed by atoms with E-state index in [-0.39, 0.29) is 5.75 Å². The monoisotopic (exact) mass is 341 g/mol. The lowest BCUT2D eigenvalue weighted by molar-refractivity contribution is 0.573. The van der Waals surface area contributed by atoms with Gasteiger partial charge in [0.1, 0.15) is 5.82 Å². The molecule has 130 valence electrons. The maximum absolute atomic E-state index is 11.6. The van der Waals surface area contributed by atoms with Crippen LogP contribution in [0.15, 0.2) is 6.07 Å². The van der Waals surface area contributed by atoms with Crippen LogP contribution in [0, 0.1) is 6.92 Å². The molecule has 1 aliphatic heterocycles. The fourth-order valence-electron chi connectivity index (χ4n) is 2.64. The molecule has 0 bridgehead atoms. The Morgan fingerprint density at radius 3 is 2.61 bits per heavy atom. The van der Waals surface area contributed by atoms with Crippen LogP contribution in [0.5, 0.6) is 0 Å². The quantitative estimate of drug-likeness (QED) is 0.697. The highest BCUT2D eigenvalue weighted by Crippen LogP contribution is 2.19. The topological polar surface area (TPSA) is 87.2 Å². The number of nitrogens with zero attached hydrogens (tertiary/aromatic N) is 3. The van der Waals surface area contributed by atoms with Gasteiger partial charge in [0.2, 0.25) is 16.0 Å². The molecule has 0 amide bonds. The highest BCUT2D eigenvalue weighted by molar-refractivity contribution is 7.89. The number of nitrogens with one attached hydrogen (secondary N) is 2. The third kappa shape index (κ3) is 5.95. The van der Waals surface area contributed by atoms with Crippen molar-refractivity contribution >= 4 is 21.8 Å². The molecule has 1 aromatic rings. The van der Waals surface area contributed by atoms with E-state index in [0.717, 1.165) is 24.6 Å². The molecule has 0 aliphatic carbocycles. The Balaban J connectivity index is 1.88. The molecule has 0 spiro atoms. The molecule has 7 nitrogen and oxygen atoms in total. The van der Waals surface area contributed by atoms with Crippen molar-refractivity contribution in [3.05, 3.63) is 11.8 Å². The normalized spacial score (nSPS) is 15.7. The van der Waals surface area contributed by atoms with Gasteiger partial charge in [0.15, 0.2) is 0 Å². The minimum atomic E-state index is -3.16. The van der Waals surface area contributed by atoms with Crippen molar-refractivity contribution in [3.8, 4) is 0 Å². The van der Waals surface area contributed by atoms with Crippen LogP contribution in [-0.4, -0.2) is 50.3 Å². The summed E-state index contributed by atoms with van der Waals surface area (Å²) in [5.74, 6) is 1.67. The van der Waals surface area contributed by atoms with Gasteiger partial charge < -0.3 is 10.2 Å². The second kappa shape index (κ2) is 8.44. The van der Waals surface area contributed by atoms with Crippen molar-refractivity contribution in [2.45, 2.75) is 39.5 Å². The molecule has 23 heavy (non-hydrogen) atoms. The van der Waals surface area contributed by atoms with Crippen molar-refractivity contribution in [1.82, 2.24) is 14.7 Å². The van der Waals surface area contributed by atoms with E-state index in [1.807, 2.05) is 19.9 Å². The summed E-state index contributed by atoms with van der Waals surface area (Å²) in [4.78, 5) is 11.2. The molecule has 0 unspecified atom stereocenters. The van der Waals surface area contributed by atoms with Crippen LogP contribution >= 0.6 is 0 Å². The van der Waals surface area contributed by atoms with Gasteiger partial charge in [-0.2, -0.15) is 4.98 Å². The van der Waals surface area contributed by atoms with E-state index < -0.39 is 10.0 Å². The van der Waals surface area contributed by atoms with Gasteiger partial charge in [-0.05, 0) is 32.6 Å². The fourth-order valence-corrected chi connectivity index (χ4v) is 3.73. The van der Waals surface area contributed by atoms with Gasteiger partial charge in [-0.1, -0.05) is 6.92 Å². The third-order valence-electron chi connectivity index (χ3n) is 3.72. The molecule has 1 fully saturated rings. The van der Waals surface area contributed by atoms with Gasteiger partial charge in [0.05, 0.1) is 5.75 Å². The summed E-state index contributed by atoms with van der Waals surface area (Å²) in [6.07, 6.45) is 4.29. The molecular weight excluding hydrogens is 314 g/mol. The Hall–Kier alpha value is -1.41. The number of aromatic nitrogens is 2. The van der Waals surface area contributed by atoms with Crippen molar-refractivity contribution < 1.29 is 8.42 Å². The molecule has 2 N–H and O–H groups in total. The summed E-state index contributed by atoms with van der Waals surface area (Å²) in [6, 6.07) is 2.00. The van der Waals surface area contributed by atoms with Crippen LogP contribution in [0.3, 0.4) is 0 Å². The first-order valence-corrected chi connectivity index (χ1v) is 9.97. The van der Waals surface area contributed by atoms with Gasteiger partial charge in [-0.25, -0.2) is 18.1 Å². The predicted molar refractivity (Wildman–Crippen MR) is 93.4 cm³/mol. The first kappa shape index (κ1) is 17.9. The molecule has 1 aromatic heterocycles. The minimum Gasteiger partial charge on any atom is -0.356 e. The summed E-state index contributed by atoms with van der Waals surface area (Å²) < 4.78 is 25.7. The summed E-state index contributed by atoms with van der Waals surface area (Å²) in [5, 5.41) is 3.10. The molecule has 0 aromatic carbocycles. The van der Waals surface area contributed by atoms with E-state index in [0.29, 0.717) is 25.5 Å². The van der Waals surface area contributed by atoms with Gasteiger partial charge >= 0.3 is 0 Å². The molecule has 0 radical (unpaired) electrons. The molecule has 2 rings (SSSR count). The molecular formula is C15H27N5O2S. The standard InChI is InChI=1S/C15H27N5O2S/c1-3-11-23(21,22)17-8-7-16-15-18-13(2)12-14(19-15)20-9-5-4-6-10-20/h12,17H,3-11H2,1-2H3,(H,16,18,19). The minimum absolute atomic E-state index is 0.160. The summed E-state index contributed by atoms with van der Waals surface area (Å²) in [6.45, 7) is 6.66. The summed E-state index contributed by atoms with van der Waals surface area (Å²) >= 11 is 0. The SMILES string of the molecule is CCCS(=O)(=O)NCCNc1nc(C)cc(N2CCCCC2)n1. The van der Waals surface area contributed by atoms with Gasteiger partial charge in [0, 0.05) is 37.9 Å². The van der Waals surface area contributed by atoms with E-state index >= 15 is 0 Å². The van der Waals surface area contributed by atoms with E-state index in [1.54, 1.807) is 0 Å². The van der Waals surface area contributed by atoms with Crippen LogP contribution < -0.4 is 14.9 Å². The number of aryl methyl sites for hydroxylation is 1. The zero-order chi connectivity index (χ0) is 16.7. The lowest BCUT2D eigenvalue weighted by Crippen LogP contribution is -2.32. The summed E-state index contributed by atoms with van der Waals surface area (Å²) in [5.41, 5.74) is 0.912. The Bertz CT molecular complexity index is 600. The molecule has 0 saturated carbocycles. The average molecular weight is 341 g/mol. The van der Waals surface area contributed by atoms with Gasteiger partial charge in [-0.15, -0.1) is 0 Å². The number of piperidine rings is 1. The molecule has 0 atom stereocenters. The van der Waals surface area contributed by atoms with E-state index in [1.165, 1.54) is 19.3 Å². The van der Waals surface area contributed by atoms with Crippen molar-refractivity contribution in [1.29, 1.82) is 0 Å². The Morgan fingerprint density at radius 2 is 1.91 bits per heavy atom. The third-order valence-corrected chi connectivity index (χ3v) is 5.31. The van der Waals surface area contributed by atoms with Crippen LogP contribution in [-0.2, 0) is 10.0 Å². The Labute approximate surface area is 138 Å². The van der Waals surface area contributed by atoms with Crippen LogP contribution in [0.4, 0.5) is 11.8 Å². The van der Waals surface area contributed by atoms with Crippen LogP contribution in [0.2, 0.25) is 0 Å². The number of hydrogen-bond acceptors (Lipinski definition) is 6.